The fraction of sp³-hybridized carbons (Fsp3) is 0.615. The lowest BCUT2D eigenvalue weighted by Gasteiger charge is -2.41. The second-order valence-electron chi connectivity index (χ2n) is 10.8. The highest BCUT2D eigenvalue weighted by molar-refractivity contribution is 6.13. The molecule has 1 aromatic carbocycles. The standard InChI is InChI=1S/C26H32F3N5O5/c1-39-23(37)17-3-2-4-19-21(17)25(24(38)34(19)13-20(35)30-14-26(27,28)29)7-9-33(10-8-25)22(36)15-5-6-18-16(11-15)12-31-32-18/h2-4,15-16,18,31-32H,5-14H2,1H3,(H,30,35). The maximum Gasteiger partial charge on any atom is 0.405 e. The fourth-order valence-corrected chi connectivity index (χ4v) is 6.63. The first-order valence-electron chi connectivity index (χ1n) is 13.2. The smallest absolute Gasteiger partial charge is 0.405 e. The molecule has 3 atom stereocenters. The lowest BCUT2D eigenvalue weighted by molar-refractivity contribution is -0.141. The minimum absolute atomic E-state index is 0.0607. The van der Waals surface area contributed by atoms with Gasteiger partial charge in [-0.3, -0.25) is 25.2 Å². The Kier molecular flexibility index (Phi) is 7.31. The number of hydrogen-bond acceptors (Lipinski definition) is 7. The largest absolute Gasteiger partial charge is 0.465 e. The van der Waals surface area contributed by atoms with E-state index in [1.165, 1.54) is 13.2 Å². The number of anilines is 1. The second-order valence-corrected chi connectivity index (χ2v) is 10.8. The third-order valence-electron chi connectivity index (χ3n) is 8.57. The molecule has 3 N–H and O–H groups in total. The number of alkyl halides is 3. The van der Waals surface area contributed by atoms with E-state index in [1.54, 1.807) is 22.3 Å². The molecule has 3 aliphatic heterocycles. The summed E-state index contributed by atoms with van der Waals surface area (Å²) < 4.78 is 42.8. The first kappa shape index (κ1) is 27.4. The number of nitrogens with zero attached hydrogens (tertiary/aromatic N) is 2. The maximum absolute atomic E-state index is 13.9. The van der Waals surface area contributed by atoms with Gasteiger partial charge >= 0.3 is 12.1 Å². The van der Waals surface area contributed by atoms with Crippen LogP contribution in [0.15, 0.2) is 18.2 Å². The van der Waals surface area contributed by atoms with Crippen molar-refractivity contribution in [3.05, 3.63) is 29.3 Å². The highest BCUT2D eigenvalue weighted by Crippen LogP contribution is 2.50. The van der Waals surface area contributed by atoms with Crippen molar-refractivity contribution in [2.45, 2.75) is 49.7 Å². The molecule has 4 aliphatic rings. The number of piperidine rings is 1. The minimum Gasteiger partial charge on any atom is -0.465 e. The van der Waals surface area contributed by atoms with Gasteiger partial charge in [-0.2, -0.15) is 13.2 Å². The van der Waals surface area contributed by atoms with E-state index in [4.69, 9.17) is 4.74 Å². The van der Waals surface area contributed by atoms with Crippen LogP contribution in [0.1, 0.15) is 48.0 Å². The molecule has 2 saturated heterocycles. The molecule has 3 fully saturated rings. The summed E-state index contributed by atoms with van der Waals surface area (Å²) in [4.78, 5) is 55.3. The molecule has 3 heterocycles. The van der Waals surface area contributed by atoms with Crippen LogP contribution in [0.5, 0.6) is 0 Å². The topological polar surface area (TPSA) is 120 Å². The van der Waals surface area contributed by atoms with E-state index in [0.717, 1.165) is 30.7 Å². The molecule has 13 heteroatoms. The summed E-state index contributed by atoms with van der Waals surface area (Å²) in [6.07, 6.45) is -1.66. The van der Waals surface area contributed by atoms with Crippen LogP contribution in [0.4, 0.5) is 18.9 Å². The van der Waals surface area contributed by atoms with E-state index in [-0.39, 0.29) is 43.3 Å². The Morgan fingerprint density at radius 1 is 1.18 bits per heavy atom. The van der Waals surface area contributed by atoms with E-state index >= 15 is 0 Å². The third-order valence-corrected chi connectivity index (χ3v) is 8.57. The number of carbonyl (C=O) groups is 4. The van der Waals surface area contributed by atoms with E-state index in [9.17, 15) is 32.3 Å². The number of rotatable bonds is 5. The lowest BCUT2D eigenvalue weighted by atomic mass is 9.71. The number of esters is 1. The molecular weight excluding hydrogens is 519 g/mol. The molecule has 1 saturated carbocycles. The van der Waals surface area contributed by atoms with Crippen molar-refractivity contribution in [3.63, 3.8) is 0 Å². The molecule has 10 nitrogen and oxygen atoms in total. The lowest BCUT2D eigenvalue weighted by Crippen LogP contribution is -2.53. The Balaban J connectivity index is 1.36. The molecule has 39 heavy (non-hydrogen) atoms. The van der Waals surface area contributed by atoms with Gasteiger partial charge in [0.1, 0.15) is 13.1 Å². The molecule has 3 unspecified atom stereocenters. The van der Waals surface area contributed by atoms with Gasteiger partial charge in [-0.05, 0) is 50.2 Å². The van der Waals surface area contributed by atoms with Crippen LogP contribution >= 0.6 is 0 Å². The van der Waals surface area contributed by atoms with E-state index < -0.39 is 42.5 Å². The monoisotopic (exact) mass is 551 g/mol. The molecule has 212 valence electrons. The van der Waals surface area contributed by atoms with Gasteiger partial charge in [0, 0.05) is 42.8 Å². The predicted molar refractivity (Wildman–Crippen MR) is 132 cm³/mol. The quantitative estimate of drug-likeness (QED) is 0.472. The Labute approximate surface area is 223 Å². The van der Waals surface area contributed by atoms with Crippen molar-refractivity contribution in [1.29, 1.82) is 0 Å². The normalized spacial score (nSPS) is 25.8. The van der Waals surface area contributed by atoms with E-state index in [1.807, 2.05) is 0 Å². The van der Waals surface area contributed by atoms with Crippen molar-refractivity contribution in [2.75, 3.05) is 44.7 Å². The number of fused-ring (bicyclic) bond motifs is 3. The number of benzene rings is 1. The van der Waals surface area contributed by atoms with Gasteiger partial charge < -0.3 is 19.9 Å². The number of likely N-dealkylation sites (tertiary alicyclic amines) is 1. The number of ether oxygens (including phenoxy) is 1. The highest BCUT2D eigenvalue weighted by atomic mass is 19.4. The van der Waals surface area contributed by atoms with Crippen LogP contribution in [0.25, 0.3) is 0 Å². The molecule has 5 rings (SSSR count). The Hall–Kier alpha value is -3.19. The van der Waals surface area contributed by atoms with Gasteiger partial charge in [0.2, 0.25) is 17.7 Å². The van der Waals surface area contributed by atoms with Crippen molar-refractivity contribution in [2.24, 2.45) is 11.8 Å². The zero-order valence-corrected chi connectivity index (χ0v) is 21.6. The number of hydrazine groups is 1. The third kappa shape index (κ3) is 5.09. The van der Waals surface area contributed by atoms with Crippen molar-refractivity contribution in [1.82, 2.24) is 21.1 Å². The summed E-state index contributed by atoms with van der Waals surface area (Å²) in [7, 11) is 1.22. The number of hydrogen-bond donors (Lipinski definition) is 3. The number of amides is 3. The van der Waals surface area contributed by atoms with Crippen LogP contribution < -0.4 is 21.1 Å². The molecule has 3 amide bonds. The van der Waals surface area contributed by atoms with Crippen molar-refractivity contribution < 1.29 is 37.1 Å². The van der Waals surface area contributed by atoms with Gasteiger partial charge in [-0.25, -0.2) is 4.79 Å². The maximum atomic E-state index is 13.9. The van der Waals surface area contributed by atoms with Crippen LogP contribution in [-0.2, 0) is 24.5 Å². The van der Waals surface area contributed by atoms with Gasteiger partial charge in [0.25, 0.3) is 0 Å². The summed E-state index contributed by atoms with van der Waals surface area (Å²) in [5.74, 6) is -1.72. The number of methoxy groups -OCH3 is 1. The Morgan fingerprint density at radius 2 is 1.92 bits per heavy atom. The average Bonchev–Trinajstić information content (AvgIpc) is 3.48. The zero-order valence-electron chi connectivity index (χ0n) is 21.6. The van der Waals surface area contributed by atoms with Gasteiger partial charge in [0.05, 0.1) is 18.1 Å². The number of nitrogens with one attached hydrogen (secondary N) is 3. The Bertz CT molecular complexity index is 1170. The average molecular weight is 552 g/mol. The summed E-state index contributed by atoms with van der Waals surface area (Å²) in [6.45, 7) is -0.737. The van der Waals surface area contributed by atoms with E-state index in [0.29, 0.717) is 23.2 Å². The summed E-state index contributed by atoms with van der Waals surface area (Å²) >= 11 is 0. The molecule has 0 bridgehead atoms. The molecule has 1 spiro atoms. The molecule has 0 aromatic heterocycles. The second kappa shape index (κ2) is 10.4. The van der Waals surface area contributed by atoms with Crippen LogP contribution in [0.2, 0.25) is 0 Å². The SMILES string of the molecule is COC(=O)c1cccc2c1C1(CCN(C(=O)C3CCC4NNCC4C3)CC1)C(=O)N2CC(=O)NCC(F)(F)F. The molecule has 1 aliphatic carbocycles. The number of halogens is 3. The molecule has 1 aromatic rings. The van der Waals surface area contributed by atoms with Crippen molar-refractivity contribution in [3.8, 4) is 0 Å². The summed E-state index contributed by atoms with van der Waals surface area (Å²) in [5, 5.41) is 1.80. The molecular formula is C26H32F3N5O5. The number of carbonyl (C=O) groups excluding carboxylic acids is 4. The van der Waals surface area contributed by atoms with Gasteiger partial charge in [-0.1, -0.05) is 6.07 Å². The summed E-state index contributed by atoms with van der Waals surface area (Å²) in [6, 6.07) is 5.03. The van der Waals surface area contributed by atoms with Gasteiger partial charge in [0.15, 0.2) is 0 Å². The zero-order chi connectivity index (χ0) is 27.9. The Morgan fingerprint density at radius 3 is 2.62 bits per heavy atom. The fourth-order valence-electron chi connectivity index (χ4n) is 6.63. The first-order chi connectivity index (χ1) is 18.5. The van der Waals surface area contributed by atoms with Gasteiger partial charge in [-0.15, -0.1) is 0 Å². The first-order valence-corrected chi connectivity index (χ1v) is 13.2. The minimum atomic E-state index is -4.59. The van der Waals surface area contributed by atoms with Crippen LogP contribution in [0.3, 0.4) is 0 Å². The van der Waals surface area contributed by atoms with Crippen molar-refractivity contribution >= 4 is 29.4 Å². The summed E-state index contributed by atoms with van der Waals surface area (Å²) in [5.41, 5.74) is 6.09. The molecule has 0 radical (unpaired) electrons. The predicted octanol–water partition coefficient (Wildman–Crippen LogP) is 1.25. The van der Waals surface area contributed by atoms with E-state index in [2.05, 4.69) is 10.9 Å². The van der Waals surface area contributed by atoms with Crippen LogP contribution in [-0.4, -0.2) is 80.6 Å². The highest BCUT2D eigenvalue weighted by Gasteiger charge is 2.55. The van der Waals surface area contributed by atoms with Crippen LogP contribution in [0, 0.1) is 11.8 Å².